The van der Waals surface area contributed by atoms with Gasteiger partial charge in [-0.1, -0.05) is 0 Å². The second kappa shape index (κ2) is 10.8. The summed E-state index contributed by atoms with van der Waals surface area (Å²) < 4.78 is 48.6. The summed E-state index contributed by atoms with van der Waals surface area (Å²) in [7, 11) is -3.03. The van der Waals surface area contributed by atoms with Gasteiger partial charge in [0.05, 0.1) is 5.75 Å². The lowest BCUT2D eigenvalue weighted by Crippen LogP contribution is -2.42. The molecule has 1 aromatic rings. The first-order valence-electron chi connectivity index (χ1n) is 7.25. The maximum atomic E-state index is 12.7. The molecule has 0 fully saturated rings. The maximum absolute atomic E-state index is 12.7. The quantitative estimate of drug-likeness (QED) is 0.337. The van der Waals surface area contributed by atoms with E-state index in [1.807, 2.05) is 13.8 Å². The fourth-order valence-corrected chi connectivity index (χ4v) is 2.59. The Labute approximate surface area is 158 Å². The minimum Gasteiger partial charge on any atom is -0.357 e. The molecule has 0 spiro atoms. The van der Waals surface area contributed by atoms with Crippen LogP contribution in [0.25, 0.3) is 0 Å². The topological polar surface area (TPSA) is 88.4 Å². The summed E-state index contributed by atoms with van der Waals surface area (Å²) in [4.78, 5) is 8.07. The van der Waals surface area contributed by atoms with Crippen LogP contribution >= 0.6 is 24.0 Å². The first kappa shape index (κ1) is 23.0. The monoisotopic (exact) mass is 479 g/mol. The Bertz CT molecular complexity index is 622. The van der Waals surface area contributed by atoms with E-state index < -0.39 is 16.4 Å². The van der Waals surface area contributed by atoms with Gasteiger partial charge >= 0.3 is 6.55 Å². The smallest absolute Gasteiger partial charge is 0.319 e. The molecule has 1 aromatic heterocycles. The van der Waals surface area contributed by atoms with Crippen LogP contribution in [0.15, 0.2) is 17.4 Å². The summed E-state index contributed by atoms with van der Waals surface area (Å²) in [5.41, 5.74) is 0. The first-order valence-corrected chi connectivity index (χ1v) is 9.31. The second-order valence-corrected chi connectivity index (χ2v) is 7.45. The minimum atomic E-state index is -3.03. The molecule has 0 amide bonds. The lowest BCUT2D eigenvalue weighted by atomic mass is 10.3. The fraction of sp³-hybridized carbons (Fsp3) is 0.692. The molecule has 1 heterocycles. The van der Waals surface area contributed by atoms with E-state index in [0.717, 1.165) is 4.57 Å². The predicted octanol–water partition coefficient (Wildman–Crippen LogP) is 1.77. The second-order valence-electron chi connectivity index (χ2n) is 5.19. The zero-order valence-electron chi connectivity index (χ0n) is 13.9. The van der Waals surface area contributed by atoms with Crippen molar-refractivity contribution in [3.05, 3.63) is 18.2 Å². The van der Waals surface area contributed by atoms with E-state index in [1.54, 1.807) is 0 Å². The third-order valence-corrected chi connectivity index (χ3v) is 3.96. The van der Waals surface area contributed by atoms with Crippen LogP contribution in [0.1, 0.15) is 32.6 Å². The summed E-state index contributed by atoms with van der Waals surface area (Å²) in [5, 5.41) is 6.04. The molecule has 7 nitrogen and oxygen atoms in total. The molecular weight excluding hydrogens is 455 g/mol. The highest BCUT2D eigenvalue weighted by atomic mass is 127. The zero-order valence-corrected chi connectivity index (χ0v) is 17.0. The van der Waals surface area contributed by atoms with Crippen molar-refractivity contribution in [3.63, 3.8) is 0 Å². The number of aromatic nitrogens is 2. The molecule has 24 heavy (non-hydrogen) atoms. The van der Waals surface area contributed by atoms with Crippen molar-refractivity contribution < 1.29 is 17.2 Å². The number of nitrogens with one attached hydrogen (secondary N) is 2. The van der Waals surface area contributed by atoms with Crippen LogP contribution < -0.4 is 10.6 Å². The number of halogens is 3. The van der Waals surface area contributed by atoms with E-state index in [1.165, 1.54) is 18.6 Å². The van der Waals surface area contributed by atoms with Crippen molar-refractivity contribution >= 4 is 39.8 Å². The largest absolute Gasteiger partial charge is 0.357 e. The van der Waals surface area contributed by atoms with Crippen molar-refractivity contribution in [1.29, 1.82) is 0 Å². The van der Waals surface area contributed by atoms with Gasteiger partial charge in [-0.05, 0) is 20.3 Å². The van der Waals surface area contributed by atoms with Crippen molar-refractivity contribution in [2.24, 2.45) is 4.99 Å². The Balaban J connectivity index is 0.00000529. The Morgan fingerprint density at radius 1 is 1.46 bits per heavy atom. The predicted molar refractivity (Wildman–Crippen MR) is 101 cm³/mol. The molecular formula is C13H24F2IN5O2S. The van der Waals surface area contributed by atoms with Gasteiger partial charge in [0, 0.05) is 31.2 Å². The average molecular weight is 479 g/mol. The lowest BCUT2D eigenvalue weighted by molar-refractivity contribution is 0.0671. The molecule has 0 radical (unpaired) electrons. The van der Waals surface area contributed by atoms with Gasteiger partial charge in [-0.15, -0.1) is 24.0 Å². The third-order valence-electron chi connectivity index (χ3n) is 2.99. The van der Waals surface area contributed by atoms with Gasteiger partial charge in [0.25, 0.3) is 0 Å². The van der Waals surface area contributed by atoms with Gasteiger partial charge in [-0.25, -0.2) is 18.4 Å². The molecule has 0 saturated carbocycles. The highest BCUT2D eigenvalue weighted by Gasteiger charge is 2.12. The molecule has 0 aliphatic carbocycles. The maximum Gasteiger partial charge on any atom is 0.319 e. The number of guanidine groups is 1. The molecule has 0 aliphatic heterocycles. The molecule has 0 bridgehead atoms. The number of hydrogen-bond donors (Lipinski definition) is 2. The van der Waals surface area contributed by atoms with Crippen LogP contribution in [0, 0.1) is 0 Å². The Morgan fingerprint density at radius 2 is 2.12 bits per heavy atom. The average Bonchev–Trinajstić information content (AvgIpc) is 2.90. The molecule has 0 saturated heterocycles. The standard InChI is InChI=1S/C13H23F2N5O2S.HI/c1-4-16-13(19-10(2)5-8-23(3,21)22)18-9-11-17-6-7-20(11)12(14)15;/h6-7,10,12H,4-5,8-9H2,1-3H3,(H2,16,18,19);1H. The van der Waals surface area contributed by atoms with Gasteiger partial charge < -0.3 is 10.6 Å². The van der Waals surface area contributed by atoms with Gasteiger partial charge in [0.1, 0.15) is 22.2 Å². The molecule has 2 N–H and O–H groups in total. The summed E-state index contributed by atoms with van der Waals surface area (Å²) in [6, 6.07) is -0.127. The van der Waals surface area contributed by atoms with E-state index in [2.05, 4.69) is 20.6 Å². The van der Waals surface area contributed by atoms with Crippen molar-refractivity contribution in [2.45, 2.75) is 39.4 Å². The Morgan fingerprint density at radius 3 is 2.67 bits per heavy atom. The molecule has 140 valence electrons. The molecule has 0 aliphatic rings. The number of sulfone groups is 1. The van der Waals surface area contributed by atoms with Crippen LogP contribution in [0.3, 0.4) is 0 Å². The number of rotatable bonds is 8. The van der Waals surface area contributed by atoms with E-state index in [0.29, 0.717) is 18.9 Å². The molecule has 11 heteroatoms. The highest BCUT2D eigenvalue weighted by Crippen LogP contribution is 2.12. The first-order chi connectivity index (χ1) is 10.7. The number of imidazole rings is 1. The Kier molecular flexibility index (Phi) is 10.4. The third kappa shape index (κ3) is 8.76. The lowest BCUT2D eigenvalue weighted by Gasteiger charge is -2.17. The van der Waals surface area contributed by atoms with E-state index in [9.17, 15) is 17.2 Å². The van der Waals surface area contributed by atoms with Crippen molar-refractivity contribution in [3.8, 4) is 0 Å². The van der Waals surface area contributed by atoms with Gasteiger partial charge in [0.15, 0.2) is 5.96 Å². The number of hydrogen-bond acceptors (Lipinski definition) is 4. The highest BCUT2D eigenvalue weighted by molar-refractivity contribution is 14.0. The van der Waals surface area contributed by atoms with E-state index >= 15 is 0 Å². The molecule has 0 aromatic carbocycles. The van der Waals surface area contributed by atoms with Crippen LogP contribution in [0.2, 0.25) is 0 Å². The summed E-state index contributed by atoms with van der Waals surface area (Å²) >= 11 is 0. The summed E-state index contributed by atoms with van der Waals surface area (Å²) in [6.07, 6.45) is 4.11. The molecule has 1 unspecified atom stereocenters. The van der Waals surface area contributed by atoms with E-state index in [-0.39, 0.29) is 48.1 Å². The van der Waals surface area contributed by atoms with Crippen LogP contribution in [0.4, 0.5) is 8.78 Å². The van der Waals surface area contributed by atoms with Crippen molar-refractivity contribution in [2.75, 3.05) is 18.6 Å². The zero-order chi connectivity index (χ0) is 17.5. The number of aliphatic imine (C=N–C) groups is 1. The van der Waals surface area contributed by atoms with Crippen molar-refractivity contribution in [1.82, 2.24) is 20.2 Å². The van der Waals surface area contributed by atoms with Gasteiger partial charge in [-0.3, -0.25) is 4.57 Å². The van der Waals surface area contributed by atoms with Crippen LogP contribution in [-0.4, -0.2) is 48.5 Å². The Hall–Kier alpha value is -0.980. The molecule has 1 rings (SSSR count). The minimum absolute atomic E-state index is 0. The van der Waals surface area contributed by atoms with Gasteiger partial charge in [0.2, 0.25) is 0 Å². The molecule has 1 atom stereocenters. The number of nitrogens with zero attached hydrogens (tertiary/aromatic N) is 3. The number of alkyl halides is 2. The summed E-state index contributed by atoms with van der Waals surface area (Å²) in [6.45, 7) is 1.63. The van der Waals surface area contributed by atoms with Crippen LogP contribution in [0.5, 0.6) is 0 Å². The van der Waals surface area contributed by atoms with Crippen LogP contribution in [-0.2, 0) is 16.4 Å². The van der Waals surface area contributed by atoms with E-state index in [4.69, 9.17) is 0 Å². The SMILES string of the molecule is CCNC(=NCc1nccn1C(F)F)NC(C)CCS(C)(=O)=O.I. The fourth-order valence-electron chi connectivity index (χ4n) is 1.81. The van der Waals surface area contributed by atoms with Gasteiger partial charge in [-0.2, -0.15) is 8.78 Å². The summed E-state index contributed by atoms with van der Waals surface area (Å²) in [5.74, 6) is 0.648. The normalized spacial score (nSPS) is 13.5.